The number of aromatic nitrogens is 1. The first-order valence-electron chi connectivity index (χ1n) is 5.31. The Labute approximate surface area is 102 Å². The molecule has 0 saturated carbocycles. The van der Waals surface area contributed by atoms with Crippen LogP contribution in [0.2, 0.25) is 4.44 Å². The maximum atomic E-state index is 5.33. The van der Waals surface area contributed by atoms with Crippen molar-refractivity contribution in [1.82, 2.24) is 5.16 Å². The number of unbranched alkanes of at least 4 members (excludes halogenated alkanes) is 1. The summed E-state index contributed by atoms with van der Waals surface area (Å²) >= 11 is -0.513. The van der Waals surface area contributed by atoms with E-state index < -0.39 is 21.1 Å². The van der Waals surface area contributed by atoms with E-state index in [-0.39, 0.29) is 0 Å². The van der Waals surface area contributed by atoms with Gasteiger partial charge in [0.05, 0.1) is 0 Å². The van der Waals surface area contributed by atoms with Gasteiger partial charge in [0.2, 0.25) is 0 Å². The van der Waals surface area contributed by atoms with Crippen LogP contribution < -0.4 is 3.78 Å². The minimum atomic E-state index is -0.513. The van der Waals surface area contributed by atoms with Gasteiger partial charge >= 0.3 is 102 Å². The SMILES string of the molecule is C=C/C(=C\C)c1c[c]([Sn][CH2]CCC)on1. The van der Waals surface area contributed by atoms with Crippen LogP contribution in [0, 0.1) is 0 Å². The first-order valence-corrected chi connectivity index (χ1v) is 8.76. The van der Waals surface area contributed by atoms with Crippen molar-refractivity contribution in [3.63, 3.8) is 0 Å². The van der Waals surface area contributed by atoms with Crippen LogP contribution >= 0.6 is 0 Å². The third kappa shape index (κ3) is 3.86. The van der Waals surface area contributed by atoms with E-state index in [1.165, 1.54) is 17.3 Å². The molecule has 0 fully saturated rings. The maximum absolute atomic E-state index is 5.33. The Morgan fingerprint density at radius 1 is 1.67 bits per heavy atom. The van der Waals surface area contributed by atoms with Crippen molar-refractivity contribution in [3.8, 4) is 0 Å². The molecular weight excluding hydrogens is 293 g/mol. The van der Waals surface area contributed by atoms with E-state index in [4.69, 9.17) is 4.52 Å². The summed E-state index contributed by atoms with van der Waals surface area (Å²) in [5, 5.41) is 4.06. The fraction of sp³-hybridized carbons (Fsp3) is 0.417. The molecule has 0 atom stereocenters. The molecule has 1 aromatic heterocycles. The van der Waals surface area contributed by atoms with Crippen molar-refractivity contribution in [3.05, 3.63) is 30.5 Å². The molecule has 1 aromatic rings. The summed E-state index contributed by atoms with van der Waals surface area (Å²) in [7, 11) is 0. The number of hydrogen-bond donors (Lipinski definition) is 0. The minimum absolute atomic E-state index is 0.513. The van der Waals surface area contributed by atoms with Gasteiger partial charge in [-0.25, -0.2) is 0 Å². The molecule has 0 saturated heterocycles. The van der Waals surface area contributed by atoms with Gasteiger partial charge in [0, 0.05) is 0 Å². The van der Waals surface area contributed by atoms with Crippen molar-refractivity contribution >= 4 is 30.5 Å². The van der Waals surface area contributed by atoms with E-state index in [1.807, 2.05) is 19.1 Å². The predicted octanol–water partition coefficient (Wildman–Crippen LogP) is 2.81. The summed E-state index contributed by atoms with van der Waals surface area (Å²) in [6.07, 6.45) is 6.42. The molecule has 2 nitrogen and oxygen atoms in total. The van der Waals surface area contributed by atoms with Gasteiger partial charge in [0.25, 0.3) is 0 Å². The van der Waals surface area contributed by atoms with Gasteiger partial charge in [-0.3, -0.25) is 0 Å². The zero-order valence-corrected chi connectivity index (χ0v) is 12.3. The zero-order valence-electron chi connectivity index (χ0n) is 9.42. The number of nitrogens with zero attached hydrogens (tertiary/aromatic N) is 1. The molecular formula is C12H17NOSn. The number of hydrogen-bond acceptors (Lipinski definition) is 2. The monoisotopic (exact) mass is 311 g/mol. The van der Waals surface area contributed by atoms with E-state index >= 15 is 0 Å². The Morgan fingerprint density at radius 3 is 3.07 bits per heavy atom. The van der Waals surface area contributed by atoms with Gasteiger partial charge in [-0.2, -0.15) is 0 Å². The molecule has 0 aromatic carbocycles. The van der Waals surface area contributed by atoms with Gasteiger partial charge < -0.3 is 0 Å². The van der Waals surface area contributed by atoms with Gasteiger partial charge in [0.15, 0.2) is 0 Å². The molecule has 0 spiro atoms. The van der Waals surface area contributed by atoms with Gasteiger partial charge in [0.1, 0.15) is 0 Å². The Kier molecular flexibility index (Phi) is 5.76. The van der Waals surface area contributed by atoms with Crippen LogP contribution in [0.4, 0.5) is 0 Å². The van der Waals surface area contributed by atoms with E-state index in [1.54, 1.807) is 0 Å². The molecule has 0 aliphatic rings. The Morgan fingerprint density at radius 2 is 2.47 bits per heavy atom. The Balaban J connectivity index is 2.59. The Hall–Kier alpha value is -0.511. The quantitative estimate of drug-likeness (QED) is 0.459. The molecule has 1 heterocycles. The zero-order chi connectivity index (χ0) is 11.1. The normalized spacial score (nSPS) is 11.7. The van der Waals surface area contributed by atoms with Crippen LogP contribution in [-0.4, -0.2) is 26.3 Å². The third-order valence-electron chi connectivity index (χ3n) is 2.17. The summed E-state index contributed by atoms with van der Waals surface area (Å²) < 4.78 is 7.82. The molecule has 0 amide bonds. The topological polar surface area (TPSA) is 26.0 Å². The first-order chi connectivity index (χ1) is 7.31. The number of rotatable bonds is 6. The standard InChI is InChI=1S/C8H8NO.C4H9.Sn/c1-3-7(4-2)8-5-6-10-9-8;1-3-4-2;/h3-5H,1H2,2H3;1,3-4H2,2H3;/b7-4+;;. The molecule has 80 valence electrons. The van der Waals surface area contributed by atoms with E-state index in [0.29, 0.717) is 0 Å². The Bertz CT molecular complexity index is 341. The molecule has 0 aliphatic carbocycles. The van der Waals surface area contributed by atoms with Crippen molar-refractivity contribution in [2.24, 2.45) is 0 Å². The molecule has 0 unspecified atom stereocenters. The molecule has 0 aliphatic heterocycles. The molecule has 0 bridgehead atoms. The van der Waals surface area contributed by atoms with Crippen molar-refractivity contribution in [2.75, 3.05) is 0 Å². The second kappa shape index (κ2) is 6.88. The molecule has 2 radical (unpaired) electrons. The second-order valence-corrected chi connectivity index (χ2v) is 7.15. The summed E-state index contributed by atoms with van der Waals surface area (Å²) in [6.45, 7) is 7.97. The van der Waals surface area contributed by atoms with E-state index in [9.17, 15) is 0 Å². The number of allylic oxidation sites excluding steroid dienone is 3. The summed E-state index contributed by atoms with van der Waals surface area (Å²) in [5.74, 6) is 0. The molecule has 15 heavy (non-hydrogen) atoms. The van der Waals surface area contributed by atoms with Crippen LogP contribution in [0.5, 0.6) is 0 Å². The van der Waals surface area contributed by atoms with Crippen LogP contribution in [-0.2, 0) is 0 Å². The van der Waals surface area contributed by atoms with Crippen LogP contribution in [0.25, 0.3) is 5.57 Å². The van der Waals surface area contributed by atoms with Crippen molar-refractivity contribution in [1.29, 1.82) is 0 Å². The fourth-order valence-corrected chi connectivity index (χ4v) is 4.47. The van der Waals surface area contributed by atoms with Crippen LogP contribution in [0.15, 0.2) is 29.3 Å². The molecule has 3 heteroatoms. The fourth-order valence-electron chi connectivity index (χ4n) is 1.25. The van der Waals surface area contributed by atoms with Gasteiger partial charge in [-0.15, -0.1) is 0 Å². The predicted molar refractivity (Wildman–Crippen MR) is 65.5 cm³/mol. The van der Waals surface area contributed by atoms with Gasteiger partial charge in [-0.1, -0.05) is 0 Å². The average Bonchev–Trinajstić information content (AvgIpc) is 2.69. The summed E-state index contributed by atoms with van der Waals surface area (Å²) in [4.78, 5) is 0. The summed E-state index contributed by atoms with van der Waals surface area (Å²) in [6, 6.07) is 2.08. The molecule has 1 rings (SSSR count). The van der Waals surface area contributed by atoms with Crippen molar-refractivity contribution in [2.45, 2.75) is 31.1 Å². The first kappa shape index (κ1) is 12.6. The summed E-state index contributed by atoms with van der Waals surface area (Å²) in [5.41, 5.74) is 1.99. The van der Waals surface area contributed by atoms with Gasteiger partial charge in [-0.05, 0) is 0 Å². The van der Waals surface area contributed by atoms with Crippen LogP contribution in [0.1, 0.15) is 32.4 Å². The van der Waals surface area contributed by atoms with E-state index in [2.05, 4.69) is 24.7 Å². The average molecular weight is 310 g/mol. The van der Waals surface area contributed by atoms with E-state index in [0.717, 1.165) is 15.0 Å². The molecule has 0 N–H and O–H groups in total. The third-order valence-corrected chi connectivity index (χ3v) is 5.56. The second-order valence-electron chi connectivity index (χ2n) is 3.30. The van der Waals surface area contributed by atoms with Crippen molar-refractivity contribution < 1.29 is 4.52 Å². The van der Waals surface area contributed by atoms with Crippen LogP contribution in [0.3, 0.4) is 0 Å².